The van der Waals surface area contributed by atoms with Crippen LogP contribution < -0.4 is 5.32 Å². The van der Waals surface area contributed by atoms with E-state index >= 15 is 0 Å². The summed E-state index contributed by atoms with van der Waals surface area (Å²) in [4.78, 5) is 11.7. The lowest BCUT2D eigenvalue weighted by molar-refractivity contribution is -0.143. The molecule has 0 amide bonds. The van der Waals surface area contributed by atoms with Gasteiger partial charge in [0.1, 0.15) is 6.04 Å². The molecule has 0 saturated carbocycles. The third-order valence-electron chi connectivity index (χ3n) is 3.23. The number of carbonyl (C=O) groups excluding carboxylic acids is 1. The van der Waals surface area contributed by atoms with E-state index in [0.29, 0.717) is 6.54 Å². The average Bonchev–Trinajstić information content (AvgIpc) is 2.61. The number of aryl methyl sites for hydroxylation is 1. The lowest BCUT2D eigenvalue weighted by Crippen LogP contribution is -2.41. The van der Waals surface area contributed by atoms with Crippen molar-refractivity contribution in [1.82, 2.24) is 15.1 Å². The number of ether oxygens (including phenoxy) is 1. The van der Waals surface area contributed by atoms with Gasteiger partial charge in [0, 0.05) is 5.69 Å². The van der Waals surface area contributed by atoms with E-state index < -0.39 is 0 Å². The zero-order valence-electron chi connectivity index (χ0n) is 11.9. The fraction of sp³-hybridized carbons (Fsp3) is 0.692. The number of hydrogen-bond acceptors (Lipinski definition) is 4. The van der Waals surface area contributed by atoms with Gasteiger partial charge in [0.2, 0.25) is 0 Å². The second kappa shape index (κ2) is 6.54. The fourth-order valence-corrected chi connectivity index (χ4v) is 1.82. The minimum Gasteiger partial charge on any atom is -0.468 e. The Morgan fingerprint density at radius 3 is 2.56 bits per heavy atom. The van der Waals surface area contributed by atoms with Crippen molar-refractivity contribution in [1.29, 1.82) is 0 Å². The van der Waals surface area contributed by atoms with Crippen LogP contribution in [0.25, 0.3) is 0 Å². The van der Waals surface area contributed by atoms with Crippen LogP contribution in [-0.2, 0) is 16.1 Å². The topological polar surface area (TPSA) is 56.2 Å². The molecule has 1 N–H and O–H groups in total. The summed E-state index contributed by atoms with van der Waals surface area (Å²) in [5.74, 6) is -0.242. The molecule has 0 fully saturated rings. The molecular formula is C13H23N3O2. The summed E-state index contributed by atoms with van der Waals surface area (Å²) < 4.78 is 6.69. The van der Waals surface area contributed by atoms with Gasteiger partial charge in [-0.25, -0.2) is 0 Å². The van der Waals surface area contributed by atoms with Crippen LogP contribution in [0.5, 0.6) is 0 Å². The number of nitrogens with one attached hydrogen (secondary N) is 1. The van der Waals surface area contributed by atoms with Crippen molar-refractivity contribution in [2.24, 2.45) is 0 Å². The van der Waals surface area contributed by atoms with Gasteiger partial charge in [-0.3, -0.25) is 9.48 Å². The third kappa shape index (κ3) is 3.32. The molecule has 0 aliphatic carbocycles. The van der Waals surface area contributed by atoms with E-state index in [1.165, 1.54) is 12.7 Å². The van der Waals surface area contributed by atoms with Gasteiger partial charge in [-0.1, -0.05) is 6.92 Å². The third-order valence-corrected chi connectivity index (χ3v) is 3.23. The maximum atomic E-state index is 11.7. The van der Waals surface area contributed by atoms with Crippen LogP contribution in [0.4, 0.5) is 0 Å². The van der Waals surface area contributed by atoms with E-state index in [9.17, 15) is 4.79 Å². The molecule has 18 heavy (non-hydrogen) atoms. The van der Waals surface area contributed by atoms with Crippen molar-refractivity contribution in [3.63, 3.8) is 0 Å². The Hall–Kier alpha value is -1.36. The van der Waals surface area contributed by atoms with Crippen LogP contribution in [0.1, 0.15) is 30.3 Å². The van der Waals surface area contributed by atoms with Gasteiger partial charge >= 0.3 is 5.97 Å². The summed E-state index contributed by atoms with van der Waals surface area (Å²) in [6, 6.07) is -0.340. The molecule has 0 spiro atoms. The Morgan fingerprint density at radius 1 is 1.44 bits per heavy atom. The van der Waals surface area contributed by atoms with E-state index in [2.05, 4.69) is 17.3 Å². The molecule has 1 aromatic rings. The van der Waals surface area contributed by atoms with Crippen molar-refractivity contribution >= 4 is 5.97 Å². The van der Waals surface area contributed by atoms with E-state index in [0.717, 1.165) is 24.4 Å². The number of nitrogens with zero attached hydrogens (tertiary/aromatic N) is 2. The fourth-order valence-electron chi connectivity index (χ4n) is 1.82. The summed E-state index contributed by atoms with van der Waals surface area (Å²) in [5.41, 5.74) is 3.28. The number of rotatable bonds is 6. The first kappa shape index (κ1) is 14.7. The number of methoxy groups -OCH3 is 1. The quantitative estimate of drug-likeness (QED) is 0.778. The Morgan fingerprint density at radius 2 is 2.11 bits per heavy atom. The van der Waals surface area contributed by atoms with Crippen LogP contribution in [0.3, 0.4) is 0 Å². The molecule has 0 radical (unpaired) electrons. The summed E-state index contributed by atoms with van der Waals surface area (Å²) in [6.07, 6.45) is 0.976. The van der Waals surface area contributed by atoms with Crippen molar-refractivity contribution in [3.8, 4) is 0 Å². The SMILES string of the molecule is CCCNC(Cn1nc(C)c(C)c1C)C(=O)OC. The molecule has 102 valence electrons. The Balaban J connectivity index is 2.81. The molecule has 1 unspecified atom stereocenters. The van der Waals surface area contributed by atoms with Crippen LogP contribution >= 0.6 is 0 Å². The van der Waals surface area contributed by atoms with E-state index in [1.54, 1.807) is 0 Å². The summed E-state index contributed by atoms with van der Waals surface area (Å²) >= 11 is 0. The molecule has 0 saturated heterocycles. The zero-order chi connectivity index (χ0) is 13.7. The highest BCUT2D eigenvalue weighted by molar-refractivity contribution is 5.75. The molecule has 1 rings (SSSR count). The standard InChI is InChI=1S/C13H23N3O2/c1-6-7-14-12(13(17)18-5)8-16-11(4)9(2)10(3)15-16/h12,14H,6-8H2,1-5H3. The zero-order valence-corrected chi connectivity index (χ0v) is 11.9. The highest BCUT2D eigenvalue weighted by Gasteiger charge is 2.20. The van der Waals surface area contributed by atoms with Crippen LogP contribution in [0.2, 0.25) is 0 Å². The van der Waals surface area contributed by atoms with Crippen LogP contribution in [0, 0.1) is 20.8 Å². The lowest BCUT2D eigenvalue weighted by atomic mass is 10.2. The second-order valence-electron chi connectivity index (χ2n) is 4.51. The van der Waals surface area contributed by atoms with Gasteiger partial charge in [0.15, 0.2) is 0 Å². The number of hydrogen-bond donors (Lipinski definition) is 1. The molecule has 5 heteroatoms. The number of carbonyl (C=O) groups is 1. The largest absolute Gasteiger partial charge is 0.468 e. The Labute approximate surface area is 109 Å². The maximum absolute atomic E-state index is 11.7. The second-order valence-corrected chi connectivity index (χ2v) is 4.51. The van der Waals surface area contributed by atoms with Crippen molar-refractivity contribution in [2.45, 2.75) is 46.7 Å². The van der Waals surface area contributed by atoms with Gasteiger partial charge in [-0.2, -0.15) is 5.10 Å². The van der Waals surface area contributed by atoms with Gasteiger partial charge in [-0.15, -0.1) is 0 Å². The monoisotopic (exact) mass is 253 g/mol. The van der Waals surface area contributed by atoms with E-state index in [4.69, 9.17) is 4.74 Å². The summed E-state index contributed by atoms with van der Waals surface area (Å²) in [7, 11) is 1.41. The first-order valence-electron chi connectivity index (χ1n) is 6.33. The predicted molar refractivity (Wildman–Crippen MR) is 70.5 cm³/mol. The minimum absolute atomic E-state index is 0.242. The Kier molecular flexibility index (Phi) is 5.34. The highest BCUT2D eigenvalue weighted by atomic mass is 16.5. The smallest absolute Gasteiger partial charge is 0.324 e. The highest BCUT2D eigenvalue weighted by Crippen LogP contribution is 2.11. The van der Waals surface area contributed by atoms with E-state index in [-0.39, 0.29) is 12.0 Å². The molecule has 0 aliphatic heterocycles. The predicted octanol–water partition coefficient (Wildman–Crippen LogP) is 1.35. The van der Waals surface area contributed by atoms with E-state index in [1.807, 2.05) is 25.5 Å². The van der Waals surface area contributed by atoms with Crippen LogP contribution in [0.15, 0.2) is 0 Å². The normalized spacial score (nSPS) is 12.5. The average molecular weight is 253 g/mol. The van der Waals surface area contributed by atoms with Crippen LogP contribution in [-0.4, -0.2) is 35.4 Å². The lowest BCUT2D eigenvalue weighted by Gasteiger charge is -2.17. The molecule has 1 atom stereocenters. The maximum Gasteiger partial charge on any atom is 0.324 e. The van der Waals surface area contributed by atoms with Gasteiger partial charge in [0.25, 0.3) is 0 Å². The molecule has 1 aromatic heterocycles. The molecule has 5 nitrogen and oxygen atoms in total. The number of aromatic nitrogens is 2. The van der Waals surface area contributed by atoms with Crippen molar-refractivity contribution < 1.29 is 9.53 Å². The molecular weight excluding hydrogens is 230 g/mol. The van der Waals surface area contributed by atoms with Crippen molar-refractivity contribution in [3.05, 3.63) is 17.0 Å². The van der Waals surface area contributed by atoms with Gasteiger partial charge < -0.3 is 10.1 Å². The summed E-state index contributed by atoms with van der Waals surface area (Å²) in [6.45, 7) is 9.40. The molecule has 0 bridgehead atoms. The number of esters is 1. The van der Waals surface area contributed by atoms with Gasteiger partial charge in [-0.05, 0) is 39.3 Å². The van der Waals surface area contributed by atoms with Gasteiger partial charge in [0.05, 0.1) is 19.3 Å². The first-order chi connectivity index (χ1) is 8.51. The summed E-state index contributed by atoms with van der Waals surface area (Å²) in [5, 5.41) is 7.63. The minimum atomic E-state index is -0.340. The molecule has 0 aliphatic rings. The van der Waals surface area contributed by atoms with Crippen molar-refractivity contribution in [2.75, 3.05) is 13.7 Å². The Bertz CT molecular complexity index is 413. The molecule has 1 heterocycles. The first-order valence-corrected chi connectivity index (χ1v) is 6.33. The molecule has 0 aromatic carbocycles.